The zero-order chi connectivity index (χ0) is 17.8. The fourth-order valence-corrected chi connectivity index (χ4v) is 1.28. The molecule has 1 amide bonds. The smallest absolute Gasteiger partial charge is 0.408 e. The zero-order valence-corrected chi connectivity index (χ0v) is 13.8. The number of carbonyl (C=O) groups is 4. The van der Waals surface area contributed by atoms with Crippen LogP contribution in [0.3, 0.4) is 0 Å². The van der Waals surface area contributed by atoms with E-state index in [1.165, 1.54) is 6.92 Å². The van der Waals surface area contributed by atoms with Gasteiger partial charge in [-0.3, -0.25) is 9.59 Å². The predicted molar refractivity (Wildman–Crippen MR) is 83.0 cm³/mol. The first kappa shape index (κ1) is 20.6. The van der Waals surface area contributed by atoms with Crippen molar-refractivity contribution in [2.45, 2.75) is 26.0 Å². The fourth-order valence-electron chi connectivity index (χ4n) is 1.28. The van der Waals surface area contributed by atoms with Gasteiger partial charge in [-0.1, -0.05) is 30.3 Å². The van der Waals surface area contributed by atoms with Gasteiger partial charge >= 0.3 is 18.0 Å². The van der Waals surface area contributed by atoms with Gasteiger partial charge in [0.05, 0.1) is 6.42 Å². The van der Waals surface area contributed by atoms with Crippen LogP contribution >= 0.6 is 15.9 Å². The van der Waals surface area contributed by atoms with E-state index in [1.807, 2.05) is 5.32 Å². The van der Waals surface area contributed by atoms with Gasteiger partial charge in [-0.2, -0.15) is 0 Å². The minimum absolute atomic E-state index is 0.0208. The van der Waals surface area contributed by atoms with Crippen LogP contribution in [0.5, 0.6) is 0 Å². The third-order valence-electron chi connectivity index (χ3n) is 2.18. The largest absolute Gasteiger partial charge is 0.481 e. The van der Waals surface area contributed by atoms with Crippen molar-refractivity contribution in [3.8, 4) is 0 Å². The highest BCUT2D eigenvalue weighted by Crippen LogP contribution is 2.01. The van der Waals surface area contributed by atoms with Crippen LogP contribution in [0, 0.1) is 0 Å². The molecule has 0 aromatic heterocycles. The number of rotatable bonds is 6. The molecular formula is C14H16BrNO7. The number of alkyl carbamates (subject to hydrolysis) is 1. The van der Waals surface area contributed by atoms with Crippen LogP contribution in [0.4, 0.5) is 4.79 Å². The van der Waals surface area contributed by atoms with Crippen LogP contribution in [-0.2, 0) is 25.7 Å². The maximum absolute atomic E-state index is 11.3. The summed E-state index contributed by atoms with van der Waals surface area (Å²) in [5.74, 6) is -2.75. The second-order valence-corrected chi connectivity index (χ2v) is 5.28. The number of hydrogen-bond acceptors (Lipinski definition) is 5. The van der Waals surface area contributed by atoms with Crippen molar-refractivity contribution >= 4 is 38.7 Å². The summed E-state index contributed by atoms with van der Waals surface area (Å²) in [6.45, 7) is 1.42. The molecule has 8 nitrogen and oxygen atoms in total. The Morgan fingerprint density at radius 2 is 1.70 bits per heavy atom. The number of carboxylic acid groups (broad SMARTS) is 2. The molecule has 0 unspecified atom stereocenters. The van der Waals surface area contributed by atoms with Crippen molar-refractivity contribution in [2.75, 3.05) is 0 Å². The van der Waals surface area contributed by atoms with Gasteiger partial charge in [0.15, 0.2) is 4.69 Å². The van der Waals surface area contributed by atoms with E-state index in [4.69, 9.17) is 14.9 Å². The Hall–Kier alpha value is -2.42. The molecule has 0 aliphatic carbocycles. The molecule has 23 heavy (non-hydrogen) atoms. The monoisotopic (exact) mass is 389 g/mol. The van der Waals surface area contributed by atoms with E-state index in [9.17, 15) is 19.2 Å². The van der Waals surface area contributed by atoms with Gasteiger partial charge in [0.1, 0.15) is 12.6 Å². The molecule has 126 valence electrons. The lowest BCUT2D eigenvalue weighted by Crippen LogP contribution is -2.42. The van der Waals surface area contributed by atoms with Gasteiger partial charge in [-0.25, -0.2) is 9.59 Å². The maximum atomic E-state index is 11.3. The second kappa shape index (κ2) is 11.2. The Morgan fingerprint density at radius 3 is 2.13 bits per heavy atom. The molecule has 0 aliphatic heterocycles. The number of ether oxygens (including phenoxy) is 1. The van der Waals surface area contributed by atoms with Crippen molar-refractivity contribution < 1.29 is 34.1 Å². The first-order chi connectivity index (χ1) is 10.7. The average Bonchev–Trinajstić information content (AvgIpc) is 2.44. The molecule has 0 spiro atoms. The molecule has 0 saturated heterocycles. The lowest BCUT2D eigenvalue weighted by Gasteiger charge is -2.12. The van der Waals surface area contributed by atoms with Crippen LogP contribution < -0.4 is 5.32 Å². The van der Waals surface area contributed by atoms with Crippen molar-refractivity contribution in [1.82, 2.24) is 5.32 Å². The molecule has 3 N–H and O–H groups in total. The van der Waals surface area contributed by atoms with Crippen LogP contribution in [0.25, 0.3) is 0 Å². The number of carbonyl (C=O) groups excluding carboxylic acids is 2. The number of amides is 1. The minimum Gasteiger partial charge on any atom is -0.481 e. The molecule has 1 atom stereocenters. The van der Waals surface area contributed by atoms with Crippen molar-refractivity contribution in [3.05, 3.63) is 35.9 Å². The third kappa shape index (κ3) is 11.9. The second-order valence-electron chi connectivity index (χ2n) is 4.17. The van der Waals surface area contributed by atoms with Gasteiger partial charge in [-0.15, -0.1) is 0 Å². The highest BCUT2D eigenvalue weighted by molar-refractivity contribution is 9.18. The number of hydrogen-bond donors (Lipinski definition) is 3. The summed E-state index contributed by atoms with van der Waals surface area (Å²) in [7, 11) is 0. The summed E-state index contributed by atoms with van der Waals surface area (Å²) in [4.78, 5) is 41.8. The summed E-state index contributed by atoms with van der Waals surface area (Å²) in [6, 6.07) is 7.29. The summed E-state index contributed by atoms with van der Waals surface area (Å²) < 4.78 is 4.76. The van der Waals surface area contributed by atoms with Crippen LogP contribution in [-0.4, -0.2) is 39.0 Å². The number of halogens is 1. The van der Waals surface area contributed by atoms with Crippen molar-refractivity contribution in [2.24, 2.45) is 0 Å². The van der Waals surface area contributed by atoms with Crippen LogP contribution in [0.2, 0.25) is 0 Å². The number of aliphatic carboxylic acids is 2. The van der Waals surface area contributed by atoms with Gasteiger partial charge < -0.3 is 20.3 Å². The summed E-state index contributed by atoms with van der Waals surface area (Å²) in [5, 5.41) is 19.2. The number of carboxylic acids is 2. The van der Waals surface area contributed by atoms with Gasteiger partial charge in [-0.05, 0) is 21.5 Å². The molecular weight excluding hydrogens is 374 g/mol. The Bertz CT molecular complexity index is 543. The number of benzene rings is 1. The zero-order valence-electron chi connectivity index (χ0n) is 12.2. The van der Waals surface area contributed by atoms with Crippen LogP contribution in [0.1, 0.15) is 18.9 Å². The topological polar surface area (TPSA) is 130 Å². The molecule has 0 saturated carbocycles. The fraction of sp³-hybridized carbons (Fsp3) is 0.286. The molecule has 1 rings (SSSR count). The molecule has 9 heteroatoms. The van der Waals surface area contributed by atoms with E-state index in [-0.39, 0.29) is 11.3 Å². The van der Waals surface area contributed by atoms with E-state index in [1.54, 1.807) is 30.3 Å². The Kier molecular flexibility index (Phi) is 10.0. The highest BCUT2D eigenvalue weighted by Gasteiger charge is 2.23. The quantitative estimate of drug-likeness (QED) is 0.631. The maximum Gasteiger partial charge on any atom is 0.408 e. The number of nitrogens with one attached hydrogen (secondary N) is 1. The van der Waals surface area contributed by atoms with Gasteiger partial charge in [0, 0.05) is 6.92 Å². The molecule has 1 aromatic rings. The average molecular weight is 390 g/mol. The predicted octanol–water partition coefficient (Wildman–Crippen LogP) is 1.77. The van der Waals surface area contributed by atoms with Crippen LogP contribution in [0.15, 0.2) is 30.3 Å². The molecule has 0 bridgehead atoms. The molecule has 0 fully saturated rings. The molecule has 0 radical (unpaired) electrons. The SMILES string of the molecule is CC(=O)Br.O=C(O)C[C@H](NC(=O)OCc1ccccc1)C(=O)O. The summed E-state index contributed by atoms with van der Waals surface area (Å²) >= 11 is 2.63. The van der Waals surface area contributed by atoms with E-state index in [0.717, 1.165) is 5.56 Å². The van der Waals surface area contributed by atoms with Crippen molar-refractivity contribution in [3.63, 3.8) is 0 Å². The summed E-state index contributed by atoms with van der Waals surface area (Å²) in [6.07, 6.45) is -1.69. The van der Waals surface area contributed by atoms with Gasteiger partial charge in [0.25, 0.3) is 0 Å². The van der Waals surface area contributed by atoms with E-state index in [0.29, 0.717) is 0 Å². The lowest BCUT2D eigenvalue weighted by atomic mass is 10.2. The third-order valence-corrected chi connectivity index (χ3v) is 2.18. The molecule has 0 heterocycles. The minimum atomic E-state index is -1.51. The van der Waals surface area contributed by atoms with E-state index < -0.39 is 30.5 Å². The Balaban J connectivity index is 0.00000108. The lowest BCUT2D eigenvalue weighted by molar-refractivity contribution is -0.145. The Morgan fingerprint density at radius 1 is 1.17 bits per heavy atom. The first-order valence-corrected chi connectivity index (χ1v) is 7.09. The molecule has 0 aliphatic rings. The summed E-state index contributed by atoms with van der Waals surface area (Å²) in [5.41, 5.74) is 0.739. The Labute approximate surface area is 140 Å². The molecule has 1 aromatic carbocycles. The highest BCUT2D eigenvalue weighted by atomic mass is 79.9. The first-order valence-electron chi connectivity index (χ1n) is 6.30. The standard InChI is InChI=1S/C12H13NO6.C2H3BrO/c14-10(15)6-9(11(16)17)13-12(18)19-7-8-4-2-1-3-5-8;1-2(3)4/h1-5,9H,6-7H2,(H,13,18)(H,14,15)(H,16,17);1H3/t9-;/m0./s1. The van der Waals surface area contributed by atoms with Gasteiger partial charge in [0.2, 0.25) is 0 Å². The van der Waals surface area contributed by atoms with Crippen molar-refractivity contribution in [1.29, 1.82) is 0 Å². The normalized spacial score (nSPS) is 10.5. The van der Waals surface area contributed by atoms with E-state index >= 15 is 0 Å². The van der Waals surface area contributed by atoms with E-state index in [2.05, 4.69) is 15.9 Å².